The summed E-state index contributed by atoms with van der Waals surface area (Å²) in [5, 5.41) is 0. The molecule has 30 heavy (non-hydrogen) atoms. The first-order valence-electron chi connectivity index (χ1n) is 9.59. The zero-order valence-electron chi connectivity index (χ0n) is 17.8. The van der Waals surface area contributed by atoms with Gasteiger partial charge in [-0.05, 0) is 50.9 Å². The molecule has 0 unspecified atom stereocenters. The van der Waals surface area contributed by atoms with Crippen molar-refractivity contribution in [2.24, 2.45) is 0 Å². The Morgan fingerprint density at radius 1 is 0.933 bits per heavy atom. The van der Waals surface area contributed by atoms with Crippen LogP contribution in [0.2, 0.25) is 0 Å². The Morgan fingerprint density at radius 3 is 2.13 bits per heavy atom. The van der Waals surface area contributed by atoms with Gasteiger partial charge in [0.25, 0.3) is 0 Å². The largest absolute Gasteiger partial charge is 0.514 e. The number of methoxy groups -OCH3 is 1. The van der Waals surface area contributed by atoms with E-state index in [0.717, 1.165) is 11.0 Å². The molecule has 0 atom stereocenters. The van der Waals surface area contributed by atoms with Gasteiger partial charge in [-0.1, -0.05) is 36.4 Å². The Morgan fingerprint density at radius 2 is 1.53 bits per heavy atom. The lowest BCUT2D eigenvalue weighted by atomic mass is 9.79. The molecule has 0 saturated carbocycles. The standard InChI is InChI=1S/C22H25BO7/c1-21(2)22(3,4)30-23(29-21)16-12-10-15(11-13-16)14-27-20(25)28-18-9-7-6-8-17(18)19(24)26-5/h6-13H,14H2,1-5H3. The Kier molecular flexibility index (Phi) is 6.19. The van der Waals surface area contributed by atoms with Gasteiger partial charge in [0.2, 0.25) is 0 Å². The van der Waals surface area contributed by atoms with Crippen LogP contribution in [0.4, 0.5) is 4.79 Å². The lowest BCUT2D eigenvalue weighted by molar-refractivity contribution is 0.00578. The molecule has 0 bridgehead atoms. The van der Waals surface area contributed by atoms with E-state index < -0.39 is 30.4 Å². The smallest absolute Gasteiger partial charge is 0.465 e. The van der Waals surface area contributed by atoms with Crippen LogP contribution in [0.3, 0.4) is 0 Å². The van der Waals surface area contributed by atoms with E-state index in [9.17, 15) is 9.59 Å². The number of hydrogen-bond donors (Lipinski definition) is 0. The van der Waals surface area contributed by atoms with Gasteiger partial charge in [-0.3, -0.25) is 0 Å². The first kappa shape index (κ1) is 21.9. The van der Waals surface area contributed by atoms with E-state index >= 15 is 0 Å². The number of hydrogen-bond acceptors (Lipinski definition) is 7. The fourth-order valence-electron chi connectivity index (χ4n) is 2.85. The molecule has 158 valence electrons. The molecule has 0 amide bonds. The van der Waals surface area contributed by atoms with Crippen molar-refractivity contribution < 1.29 is 33.1 Å². The first-order valence-corrected chi connectivity index (χ1v) is 9.59. The Bertz CT molecular complexity index is 905. The molecule has 1 aliphatic heterocycles. The van der Waals surface area contributed by atoms with Gasteiger partial charge < -0.3 is 23.5 Å². The number of esters is 1. The van der Waals surface area contributed by atoms with Crippen LogP contribution in [0.5, 0.6) is 5.75 Å². The molecule has 7 nitrogen and oxygen atoms in total. The van der Waals surface area contributed by atoms with Crippen molar-refractivity contribution in [3.05, 3.63) is 59.7 Å². The SMILES string of the molecule is COC(=O)c1ccccc1OC(=O)OCc1ccc(B2OC(C)(C)C(C)(C)O2)cc1. The number of ether oxygens (including phenoxy) is 3. The van der Waals surface area contributed by atoms with Gasteiger partial charge in [0.05, 0.1) is 18.3 Å². The molecular formula is C22H25BO7. The summed E-state index contributed by atoms with van der Waals surface area (Å²) >= 11 is 0. The van der Waals surface area contributed by atoms with E-state index in [1.54, 1.807) is 12.1 Å². The van der Waals surface area contributed by atoms with E-state index in [-0.39, 0.29) is 17.9 Å². The van der Waals surface area contributed by atoms with Crippen molar-refractivity contribution in [1.82, 2.24) is 0 Å². The second-order valence-electron chi connectivity index (χ2n) is 7.96. The number of carbonyl (C=O) groups is 2. The second-order valence-corrected chi connectivity index (χ2v) is 7.96. The zero-order valence-corrected chi connectivity index (χ0v) is 17.8. The quantitative estimate of drug-likeness (QED) is 0.423. The van der Waals surface area contributed by atoms with Crippen molar-refractivity contribution in [1.29, 1.82) is 0 Å². The maximum Gasteiger partial charge on any atom is 0.514 e. The van der Waals surface area contributed by atoms with Crippen molar-refractivity contribution in [2.45, 2.75) is 45.5 Å². The highest BCUT2D eigenvalue weighted by Gasteiger charge is 2.51. The predicted octanol–water partition coefficient (Wildman–Crippen LogP) is 3.49. The molecule has 3 rings (SSSR count). The van der Waals surface area contributed by atoms with Crippen LogP contribution in [0.15, 0.2) is 48.5 Å². The average Bonchev–Trinajstić information content (AvgIpc) is 2.94. The molecule has 2 aromatic rings. The maximum absolute atomic E-state index is 12.0. The number of carbonyl (C=O) groups excluding carboxylic acids is 2. The first-order chi connectivity index (χ1) is 14.1. The van der Waals surface area contributed by atoms with Gasteiger partial charge >= 0.3 is 19.2 Å². The van der Waals surface area contributed by atoms with Crippen LogP contribution in [-0.2, 0) is 25.4 Å². The predicted molar refractivity (Wildman–Crippen MR) is 111 cm³/mol. The van der Waals surface area contributed by atoms with E-state index in [4.69, 9.17) is 18.8 Å². The molecule has 2 aromatic carbocycles. The fraction of sp³-hybridized carbons (Fsp3) is 0.364. The summed E-state index contributed by atoms with van der Waals surface area (Å²) in [6, 6.07) is 13.7. The fourth-order valence-corrected chi connectivity index (χ4v) is 2.85. The number of rotatable bonds is 5. The summed E-state index contributed by atoms with van der Waals surface area (Å²) in [6.45, 7) is 8.01. The molecule has 0 aromatic heterocycles. The molecule has 0 N–H and O–H groups in total. The van der Waals surface area contributed by atoms with Gasteiger partial charge in [0.15, 0.2) is 0 Å². The molecule has 8 heteroatoms. The lowest BCUT2D eigenvalue weighted by Gasteiger charge is -2.32. The average molecular weight is 412 g/mol. The van der Waals surface area contributed by atoms with Crippen LogP contribution >= 0.6 is 0 Å². The molecule has 1 fully saturated rings. The molecule has 0 spiro atoms. The molecule has 0 aliphatic carbocycles. The van der Waals surface area contributed by atoms with Gasteiger partial charge in [0.1, 0.15) is 17.9 Å². The van der Waals surface area contributed by atoms with Gasteiger partial charge in [0, 0.05) is 0 Å². The minimum absolute atomic E-state index is 0.0167. The number of para-hydroxylation sites is 1. The highest BCUT2D eigenvalue weighted by Crippen LogP contribution is 2.36. The molecule has 1 heterocycles. The zero-order chi connectivity index (χ0) is 21.9. The van der Waals surface area contributed by atoms with Crippen LogP contribution in [-0.4, -0.2) is 37.6 Å². The minimum Gasteiger partial charge on any atom is -0.465 e. The van der Waals surface area contributed by atoms with Crippen molar-refractivity contribution in [2.75, 3.05) is 7.11 Å². The monoisotopic (exact) mass is 412 g/mol. The summed E-state index contributed by atoms with van der Waals surface area (Å²) in [4.78, 5) is 23.8. The summed E-state index contributed by atoms with van der Waals surface area (Å²) in [5.41, 5.74) is 0.970. The maximum atomic E-state index is 12.0. The van der Waals surface area contributed by atoms with E-state index in [0.29, 0.717) is 0 Å². The summed E-state index contributed by atoms with van der Waals surface area (Å²) in [5.74, 6) is -0.526. The third kappa shape index (κ3) is 4.66. The molecular weight excluding hydrogens is 387 g/mol. The number of benzene rings is 2. The van der Waals surface area contributed by atoms with Crippen LogP contribution in [0.25, 0.3) is 0 Å². The van der Waals surface area contributed by atoms with E-state index in [1.807, 2.05) is 52.0 Å². The van der Waals surface area contributed by atoms with E-state index in [1.165, 1.54) is 19.2 Å². The van der Waals surface area contributed by atoms with E-state index in [2.05, 4.69) is 4.74 Å². The topological polar surface area (TPSA) is 80.3 Å². The van der Waals surface area contributed by atoms with Crippen LogP contribution in [0.1, 0.15) is 43.6 Å². The van der Waals surface area contributed by atoms with Crippen molar-refractivity contribution >= 4 is 24.7 Å². The van der Waals surface area contributed by atoms with Gasteiger partial charge in [-0.25, -0.2) is 9.59 Å². The van der Waals surface area contributed by atoms with Crippen molar-refractivity contribution in [3.63, 3.8) is 0 Å². The molecule has 0 radical (unpaired) electrons. The van der Waals surface area contributed by atoms with Gasteiger partial charge in [-0.15, -0.1) is 0 Å². The Labute approximate surface area is 176 Å². The van der Waals surface area contributed by atoms with Crippen LogP contribution in [0, 0.1) is 0 Å². The summed E-state index contributed by atoms with van der Waals surface area (Å²) < 4.78 is 27.0. The highest BCUT2D eigenvalue weighted by molar-refractivity contribution is 6.62. The third-order valence-corrected chi connectivity index (χ3v) is 5.35. The minimum atomic E-state index is -0.915. The Hall–Kier alpha value is -2.84. The summed E-state index contributed by atoms with van der Waals surface area (Å²) in [6.07, 6.45) is -0.915. The second kappa shape index (κ2) is 8.49. The summed E-state index contributed by atoms with van der Waals surface area (Å²) in [7, 11) is 0.801. The third-order valence-electron chi connectivity index (χ3n) is 5.35. The Balaban J connectivity index is 1.57. The van der Waals surface area contributed by atoms with Crippen LogP contribution < -0.4 is 10.2 Å². The lowest BCUT2D eigenvalue weighted by Crippen LogP contribution is -2.41. The van der Waals surface area contributed by atoms with Crippen molar-refractivity contribution in [3.8, 4) is 5.75 Å². The molecule has 1 saturated heterocycles. The normalized spacial score (nSPS) is 16.8. The molecule has 1 aliphatic rings. The van der Waals surface area contributed by atoms with Gasteiger partial charge in [-0.2, -0.15) is 0 Å². The highest BCUT2D eigenvalue weighted by atomic mass is 16.7.